The lowest BCUT2D eigenvalue weighted by Gasteiger charge is -2.18. The van der Waals surface area contributed by atoms with Crippen LogP contribution < -0.4 is 10.1 Å². The fraction of sp³-hybridized carbons (Fsp3) is 0.0833. The average Bonchev–Trinajstić information content (AvgIpc) is 2.78. The van der Waals surface area contributed by atoms with Gasteiger partial charge < -0.3 is 10.1 Å². The highest BCUT2D eigenvalue weighted by Crippen LogP contribution is 2.39. The van der Waals surface area contributed by atoms with Crippen LogP contribution in [0.15, 0.2) is 96.0 Å². The van der Waals surface area contributed by atoms with Gasteiger partial charge in [-0.1, -0.05) is 48.5 Å². The normalized spacial score (nSPS) is 11.8. The zero-order valence-corrected chi connectivity index (χ0v) is 16.7. The van der Waals surface area contributed by atoms with Crippen LogP contribution in [0.4, 0.5) is 5.69 Å². The van der Waals surface area contributed by atoms with Gasteiger partial charge >= 0.3 is 0 Å². The number of carbonyl (C=O) groups excluding carboxylic acids is 1. The molecule has 4 rings (SSSR count). The Labute approximate surface area is 173 Å². The van der Waals surface area contributed by atoms with E-state index in [4.69, 9.17) is 4.74 Å². The Morgan fingerprint density at radius 3 is 2.41 bits per heavy atom. The summed E-state index contributed by atoms with van der Waals surface area (Å²) in [6.45, 7) is 0. The average molecular weight is 401 g/mol. The molecule has 1 atom stereocenters. The van der Waals surface area contributed by atoms with Crippen molar-refractivity contribution in [3.05, 3.63) is 96.7 Å². The van der Waals surface area contributed by atoms with E-state index in [9.17, 15) is 4.79 Å². The second kappa shape index (κ2) is 8.80. The first-order valence-corrected chi connectivity index (χ1v) is 10.1. The minimum absolute atomic E-state index is 0.0766. The van der Waals surface area contributed by atoms with Gasteiger partial charge in [0.2, 0.25) is 5.91 Å². The number of para-hydroxylation sites is 1. The highest BCUT2D eigenvalue weighted by Gasteiger charge is 2.23. The van der Waals surface area contributed by atoms with Crippen LogP contribution in [0.25, 0.3) is 10.9 Å². The van der Waals surface area contributed by atoms with Crippen molar-refractivity contribution < 1.29 is 9.53 Å². The third-order valence-electron chi connectivity index (χ3n) is 4.55. The van der Waals surface area contributed by atoms with E-state index >= 15 is 0 Å². The summed E-state index contributed by atoms with van der Waals surface area (Å²) < 4.78 is 5.19. The summed E-state index contributed by atoms with van der Waals surface area (Å²) in [5.41, 5.74) is 2.60. The molecule has 0 aliphatic heterocycles. The monoisotopic (exact) mass is 400 g/mol. The molecule has 0 saturated heterocycles. The van der Waals surface area contributed by atoms with Crippen molar-refractivity contribution in [2.24, 2.45) is 0 Å². The molecule has 0 bridgehead atoms. The molecule has 1 N–H and O–H groups in total. The summed E-state index contributed by atoms with van der Waals surface area (Å²) in [7, 11) is 1.62. The molecular weight excluding hydrogens is 380 g/mol. The summed E-state index contributed by atoms with van der Waals surface area (Å²) >= 11 is 1.53. The first kappa shape index (κ1) is 19.0. The minimum atomic E-state index is -0.399. The molecule has 0 aliphatic rings. The van der Waals surface area contributed by atoms with Crippen molar-refractivity contribution in [3.63, 3.8) is 0 Å². The number of nitrogens with one attached hydrogen (secondary N) is 1. The first-order chi connectivity index (χ1) is 14.2. The number of pyridine rings is 1. The highest BCUT2D eigenvalue weighted by molar-refractivity contribution is 8.00. The molecule has 0 spiro atoms. The van der Waals surface area contributed by atoms with E-state index in [1.807, 2.05) is 84.9 Å². The highest BCUT2D eigenvalue weighted by atomic mass is 32.2. The van der Waals surface area contributed by atoms with Gasteiger partial charge in [0, 0.05) is 22.2 Å². The second-order valence-corrected chi connectivity index (χ2v) is 7.60. The Morgan fingerprint density at radius 2 is 1.66 bits per heavy atom. The quantitative estimate of drug-likeness (QED) is 0.421. The Hall–Kier alpha value is -3.31. The van der Waals surface area contributed by atoms with Gasteiger partial charge in [-0.3, -0.25) is 9.78 Å². The van der Waals surface area contributed by atoms with Crippen molar-refractivity contribution in [3.8, 4) is 5.75 Å². The number of aromatic nitrogens is 1. The van der Waals surface area contributed by atoms with Gasteiger partial charge in [-0.25, -0.2) is 0 Å². The molecule has 5 heteroatoms. The fourth-order valence-corrected chi connectivity index (χ4v) is 4.23. The maximum absolute atomic E-state index is 13.2. The Bertz CT molecular complexity index is 1110. The third-order valence-corrected chi connectivity index (χ3v) is 5.88. The number of hydrogen-bond donors (Lipinski definition) is 1. The number of amides is 1. The molecular formula is C24H20N2O2S. The van der Waals surface area contributed by atoms with E-state index in [2.05, 4.69) is 10.3 Å². The van der Waals surface area contributed by atoms with E-state index in [-0.39, 0.29) is 5.91 Å². The van der Waals surface area contributed by atoms with E-state index < -0.39 is 5.25 Å². The van der Waals surface area contributed by atoms with Gasteiger partial charge in [0.15, 0.2) is 0 Å². The number of ether oxygens (including phenoxy) is 1. The van der Waals surface area contributed by atoms with Crippen LogP contribution in [0, 0.1) is 0 Å². The van der Waals surface area contributed by atoms with Gasteiger partial charge in [-0.05, 0) is 42.0 Å². The standard InChI is InChI=1S/C24H20N2O2S/c1-28-19-13-11-18(12-14-19)26-24(27)23(17-7-3-2-4-8-17)29-22-15-16-25-21-10-6-5-9-20(21)22/h2-16,23H,1H3,(H,26,27). The number of methoxy groups -OCH3 is 1. The molecule has 0 fully saturated rings. The molecule has 4 nitrogen and oxygen atoms in total. The van der Waals surface area contributed by atoms with Crippen LogP contribution >= 0.6 is 11.8 Å². The molecule has 0 saturated carbocycles. The van der Waals surface area contributed by atoms with E-state index in [0.717, 1.165) is 32.8 Å². The van der Waals surface area contributed by atoms with Crippen LogP contribution in [-0.4, -0.2) is 18.0 Å². The zero-order chi connectivity index (χ0) is 20.1. The number of benzene rings is 3. The molecule has 4 aromatic rings. The SMILES string of the molecule is COc1ccc(NC(=O)C(Sc2ccnc3ccccc23)c2ccccc2)cc1. The van der Waals surface area contributed by atoms with Crippen molar-refractivity contribution in [1.29, 1.82) is 0 Å². The number of anilines is 1. The van der Waals surface area contributed by atoms with Crippen LogP contribution in [0.3, 0.4) is 0 Å². The molecule has 29 heavy (non-hydrogen) atoms. The fourth-order valence-electron chi connectivity index (χ4n) is 3.08. The van der Waals surface area contributed by atoms with Crippen LogP contribution in [0.5, 0.6) is 5.75 Å². The van der Waals surface area contributed by atoms with Crippen LogP contribution in [-0.2, 0) is 4.79 Å². The van der Waals surface area contributed by atoms with Gasteiger partial charge in [0.25, 0.3) is 0 Å². The van der Waals surface area contributed by atoms with E-state index in [1.54, 1.807) is 13.3 Å². The van der Waals surface area contributed by atoms with Crippen molar-refractivity contribution >= 4 is 34.3 Å². The van der Waals surface area contributed by atoms with Gasteiger partial charge in [-0.2, -0.15) is 0 Å². The Balaban J connectivity index is 1.65. The first-order valence-electron chi connectivity index (χ1n) is 9.25. The molecule has 1 aromatic heterocycles. The lowest BCUT2D eigenvalue weighted by molar-refractivity contribution is -0.115. The summed E-state index contributed by atoms with van der Waals surface area (Å²) in [6.07, 6.45) is 1.79. The molecule has 1 unspecified atom stereocenters. The van der Waals surface area contributed by atoms with Crippen molar-refractivity contribution in [2.45, 2.75) is 10.1 Å². The molecule has 1 amide bonds. The summed E-state index contributed by atoms with van der Waals surface area (Å²) in [4.78, 5) is 18.7. The lowest BCUT2D eigenvalue weighted by atomic mass is 10.1. The summed E-state index contributed by atoms with van der Waals surface area (Å²) in [5, 5.41) is 3.67. The molecule has 3 aromatic carbocycles. The minimum Gasteiger partial charge on any atom is -0.497 e. The van der Waals surface area contributed by atoms with Crippen molar-refractivity contribution in [2.75, 3.05) is 12.4 Å². The molecule has 144 valence electrons. The number of nitrogens with zero attached hydrogens (tertiary/aromatic N) is 1. The molecule has 0 radical (unpaired) electrons. The van der Waals surface area contributed by atoms with E-state index in [1.165, 1.54) is 11.8 Å². The van der Waals surface area contributed by atoms with E-state index in [0.29, 0.717) is 0 Å². The predicted molar refractivity (Wildman–Crippen MR) is 118 cm³/mol. The summed E-state index contributed by atoms with van der Waals surface area (Å²) in [5.74, 6) is 0.674. The largest absolute Gasteiger partial charge is 0.497 e. The number of fused-ring (bicyclic) bond motifs is 1. The van der Waals surface area contributed by atoms with Crippen LogP contribution in [0.1, 0.15) is 10.8 Å². The Kier molecular flexibility index (Phi) is 5.77. The van der Waals surface area contributed by atoms with Gasteiger partial charge in [0.05, 0.1) is 12.6 Å². The maximum Gasteiger partial charge on any atom is 0.242 e. The smallest absolute Gasteiger partial charge is 0.242 e. The predicted octanol–water partition coefficient (Wildman–Crippen LogP) is 5.72. The maximum atomic E-state index is 13.2. The molecule has 0 aliphatic carbocycles. The van der Waals surface area contributed by atoms with Gasteiger partial charge in [0.1, 0.15) is 11.0 Å². The number of thioether (sulfide) groups is 1. The summed E-state index contributed by atoms with van der Waals surface area (Å²) in [6, 6.07) is 27.1. The Morgan fingerprint density at radius 1 is 0.931 bits per heavy atom. The zero-order valence-electron chi connectivity index (χ0n) is 15.9. The topological polar surface area (TPSA) is 51.2 Å². The number of hydrogen-bond acceptors (Lipinski definition) is 4. The van der Waals surface area contributed by atoms with Crippen LogP contribution in [0.2, 0.25) is 0 Å². The second-order valence-electron chi connectivity index (χ2n) is 6.45. The van der Waals surface area contributed by atoms with Gasteiger partial charge in [-0.15, -0.1) is 11.8 Å². The third kappa shape index (κ3) is 4.41. The lowest BCUT2D eigenvalue weighted by Crippen LogP contribution is -2.19. The number of rotatable bonds is 6. The number of carbonyl (C=O) groups is 1. The van der Waals surface area contributed by atoms with Crippen molar-refractivity contribution in [1.82, 2.24) is 4.98 Å². The molecule has 1 heterocycles.